The van der Waals surface area contributed by atoms with E-state index in [-0.39, 0.29) is 43.0 Å². The molecule has 21 heavy (non-hydrogen) atoms. The Balaban J connectivity index is 1.82. The molecule has 2 atom stereocenters. The van der Waals surface area contributed by atoms with Gasteiger partial charge in [0.1, 0.15) is 0 Å². The van der Waals surface area contributed by atoms with E-state index >= 15 is 0 Å². The van der Waals surface area contributed by atoms with E-state index in [4.69, 9.17) is 18.9 Å². The van der Waals surface area contributed by atoms with E-state index in [1.807, 2.05) is 13.8 Å². The van der Waals surface area contributed by atoms with Gasteiger partial charge in [-0.05, 0) is 12.8 Å². The second kappa shape index (κ2) is 7.85. The Morgan fingerprint density at radius 3 is 1.38 bits per heavy atom. The molecule has 6 nitrogen and oxygen atoms in total. The lowest BCUT2D eigenvalue weighted by Gasteiger charge is -2.45. The maximum atomic E-state index is 9.30. The smallest absolute Gasteiger partial charge is 0.162 e. The molecule has 0 radical (unpaired) electrons. The number of ether oxygens (including phenoxy) is 4. The molecule has 0 bridgehead atoms. The third-order valence-electron chi connectivity index (χ3n) is 4.50. The summed E-state index contributed by atoms with van der Waals surface area (Å²) in [5.41, 5.74) is -0.269. The lowest BCUT2D eigenvalue weighted by atomic mass is 9.89. The minimum atomic E-state index is -0.343. The van der Waals surface area contributed by atoms with Gasteiger partial charge in [0.15, 0.2) is 12.6 Å². The number of hydrogen-bond acceptors (Lipinski definition) is 6. The fraction of sp³-hybridized carbons (Fsp3) is 1.00. The summed E-state index contributed by atoms with van der Waals surface area (Å²) in [4.78, 5) is 0. The van der Waals surface area contributed by atoms with Crippen molar-refractivity contribution in [2.45, 2.75) is 39.3 Å². The van der Waals surface area contributed by atoms with Crippen molar-refractivity contribution in [3.63, 3.8) is 0 Å². The second-order valence-electron chi connectivity index (χ2n) is 6.18. The Morgan fingerprint density at radius 2 is 1.14 bits per heavy atom. The minimum Gasteiger partial charge on any atom is -0.396 e. The summed E-state index contributed by atoms with van der Waals surface area (Å²) in [6.07, 6.45) is 0.948. The van der Waals surface area contributed by atoms with Crippen LogP contribution in [0.4, 0.5) is 0 Å². The molecule has 2 fully saturated rings. The quantitative estimate of drug-likeness (QED) is 0.754. The monoisotopic (exact) mass is 304 g/mol. The second-order valence-corrected chi connectivity index (χ2v) is 6.18. The largest absolute Gasteiger partial charge is 0.396 e. The first-order valence-corrected chi connectivity index (χ1v) is 7.86. The van der Waals surface area contributed by atoms with Crippen molar-refractivity contribution in [3.8, 4) is 0 Å². The summed E-state index contributed by atoms with van der Waals surface area (Å²) < 4.78 is 23.1. The maximum absolute atomic E-state index is 9.30. The Bertz CT molecular complexity index is 253. The van der Waals surface area contributed by atoms with E-state index < -0.39 is 0 Å². The Morgan fingerprint density at radius 1 is 0.810 bits per heavy atom. The summed E-state index contributed by atoms with van der Waals surface area (Å²) in [7, 11) is 0. The zero-order valence-electron chi connectivity index (χ0n) is 13.0. The molecule has 0 saturated carbocycles. The highest BCUT2D eigenvalue weighted by Gasteiger charge is 2.44. The molecule has 0 amide bonds. The maximum Gasteiger partial charge on any atom is 0.162 e. The van der Waals surface area contributed by atoms with E-state index in [1.165, 1.54) is 0 Å². The van der Waals surface area contributed by atoms with Crippen LogP contribution in [0.3, 0.4) is 0 Å². The molecule has 0 aromatic heterocycles. The molecule has 2 rings (SSSR count). The van der Waals surface area contributed by atoms with Gasteiger partial charge in [0.25, 0.3) is 0 Å². The summed E-state index contributed by atoms with van der Waals surface area (Å²) in [5.74, 6) is 0.0266. The third kappa shape index (κ3) is 3.94. The van der Waals surface area contributed by atoms with Gasteiger partial charge in [0.2, 0.25) is 0 Å². The van der Waals surface area contributed by atoms with Gasteiger partial charge in [-0.1, -0.05) is 13.8 Å². The van der Waals surface area contributed by atoms with Crippen LogP contribution < -0.4 is 0 Å². The molecule has 6 heteroatoms. The van der Waals surface area contributed by atoms with Crippen molar-refractivity contribution in [1.29, 1.82) is 0 Å². The molecule has 2 saturated heterocycles. The van der Waals surface area contributed by atoms with Crippen LogP contribution in [0, 0.1) is 17.3 Å². The predicted molar refractivity (Wildman–Crippen MR) is 75.6 cm³/mol. The van der Waals surface area contributed by atoms with Crippen LogP contribution in [0.15, 0.2) is 0 Å². The molecule has 0 aromatic carbocycles. The third-order valence-corrected chi connectivity index (χ3v) is 4.50. The van der Waals surface area contributed by atoms with Crippen LogP contribution in [0.25, 0.3) is 0 Å². The van der Waals surface area contributed by atoms with Crippen LogP contribution in [-0.2, 0) is 18.9 Å². The molecular formula is C15H28O6. The van der Waals surface area contributed by atoms with Crippen LogP contribution in [0.1, 0.15) is 26.7 Å². The molecule has 0 aliphatic carbocycles. The fourth-order valence-corrected chi connectivity index (χ4v) is 2.74. The van der Waals surface area contributed by atoms with E-state index in [2.05, 4.69) is 0 Å². The molecule has 2 unspecified atom stereocenters. The first kappa shape index (κ1) is 17.1. The predicted octanol–water partition coefficient (Wildman–Crippen LogP) is 0.756. The SMILES string of the molecule is CCC(CO)C1OCC2(CO1)COC(C(CC)CO)OC2. The lowest BCUT2D eigenvalue weighted by molar-refractivity contribution is -0.321. The zero-order valence-corrected chi connectivity index (χ0v) is 13.0. The molecular weight excluding hydrogens is 276 g/mol. The summed E-state index contributed by atoms with van der Waals surface area (Å²) in [6, 6.07) is 0. The number of rotatable bonds is 6. The molecule has 2 N–H and O–H groups in total. The van der Waals surface area contributed by atoms with E-state index in [9.17, 15) is 10.2 Å². The minimum absolute atomic E-state index is 0.0133. The van der Waals surface area contributed by atoms with Crippen molar-refractivity contribution in [3.05, 3.63) is 0 Å². The van der Waals surface area contributed by atoms with E-state index in [1.54, 1.807) is 0 Å². The highest BCUT2D eigenvalue weighted by Crippen LogP contribution is 2.34. The molecule has 2 aliphatic rings. The van der Waals surface area contributed by atoms with Crippen molar-refractivity contribution in [1.82, 2.24) is 0 Å². The van der Waals surface area contributed by atoms with Gasteiger partial charge < -0.3 is 29.2 Å². The Labute approximate surface area is 126 Å². The van der Waals surface area contributed by atoms with E-state index in [0.29, 0.717) is 26.4 Å². The highest BCUT2D eigenvalue weighted by molar-refractivity contribution is 4.86. The Kier molecular flexibility index (Phi) is 6.40. The van der Waals surface area contributed by atoms with Crippen molar-refractivity contribution >= 4 is 0 Å². The van der Waals surface area contributed by atoms with Gasteiger partial charge in [0, 0.05) is 11.8 Å². The molecule has 124 valence electrons. The Hall–Kier alpha value is -0.240. The van der Waals surface area contributed by atoms with Crippen LogP contribution >= 0.6 is 0 Å². The molecule has 2 heterocycles. The van der Waals surface area contributed by atoms with E-state index in [0.717, 1.165) is 12.8 Å². The normalized spacial score (nSPS) is 36.6. The number of aliphatic hydroxyl groups is 2. The van der Waals surface area contributed by atoms with Crippen LogP contribution in [0.2, 0.25) is 0 Å². The number of hydrogen-bond donors (Lipinski definition) is 2. The highest BCUT2D eigenvalue weighted by atomic mass is 16.7. The van der Waals surface area contributed by atoms with Gasteiger partial charge in [-0.25, -0.2) is 0 Å². The number of aliphatic hydroxyl groups excluding tert-OH is 2. The van der Waals surface area contributed by atoms with Crippen molar-refractivity contribution in [2.24, 2.45) is 17.3 Å². The van der Waals surface area contributed by atoms with Gasteiger partial charge in [-0.3, -0.25) is 0 Å². The average molecular weight is 304 g/mol. The van der Waals surface area contributed by atoms with Crippen molar-refractivity contribution < 1.29 is 29.2 Å². The first-order chi connectivity index (χ1) is 10.2. The van der Waals surface area contributed by atoms with Crippen molar-refractivity contribution in [2.75, 3.05) is 39.6 Å². The first-order valence-electron chi connectivity index (χ1n) is 7.86. The molecule has 2 aliphatic heterocycles. The van der Waals surface area contributed by atoms with Gasteiger partial charge in [-0.15, -0.1) is 0 Å². The average Bonchev–Trinajstić information content (AvgIpc) is 2.53. The fourth-order valence-electron chi connectivity index (χ4n) is 2.74. The molecule has 0 aromatic rings. The van der Waals surface area contributed by atoms with Gasteiger partial charge >= 0.3 is 0 Å². The van der Waals surface area contributed by atoms with Crippen LogP contribution in [-0.4, -0.2) is 62.4 Å². The van der Waals surface area contributed by atoms with Gasteiger partial charge in [-0.2, -0.15) is 0 Å². The zero-order chi connectivity index (χ0) is 15.3. The topological polar surface area (TPSA) is 77.4 Å². The summed E-state index contributed by atoms with van der Waals surface area (Å²) >= 11 is 0. The van der Waals surface area contributed by atoms with Gasteiger partial charge in [0.05, 0.1) is 45.1 Å². The summed E-state index contributed by atoms with van der Waals surface area (Å²) in [6.45, 7) is 6.20. The standard InChI is InChI=1S/C15H28O6/c1-3-11(5-16)13-18-7-15(8-19-13)9-20-14(21-10-15)12(4-2)6-17/h11-14,16-17H,3-10H2,1-2H3. The molecule has 1 spiro atoms. The summed E-state index contributed by atoms with van der Waals surface area (Å²) in [5, 5.41) is 18.6. The lowest BCUT2D eigenvalue weighted by Crippen LogP contribution is -2.54. The van der Waals surface area contributed by atoms with Crippen LogP contribution in [0.5, 0.6) is 0 Å².